The third kappa shape index (κ3) is 6.42. The van der Waals surface area contributed by atoms with Gasteiger partial charge in [0.15, 0.2) is 0 Å². The summed E-state index contributed by atoms with van der Waals surface area (Å²) >= 11 is 0. The van der Waals surface area contributed by atoms with Crippen LogP contribution in [0.3, 0.4) is 0 Å². The summed E-state index contributed by atoms with van der Waals surface area (Å²) in [5.41, 5.74) is 0.336. The van der Waals surface area contributed by atoms with Gasteiger partial charge in [-0.3, -0.25) is 4.79 Å². The summed E-state index contributed by atoms with van der Waals surface area (Å²) in [5.74, 6) is 0.00233. The Morgan fingerprint density at radius 3 is 2.79 bits per heavy atom. The van der Waals surface area contributed by atoms with Gasteiger partial charge in [0.2, 0.25) is 15.9 Å². The molecule has 1 aromatic rings. The predicted molar refractivity (Wildman–Crippen MR) is 90.6 cm³/mol. The van der Waals surface area contributed by atoms with Crippen molar-refractivity contribution < 1.29 is 22.7 Å². The van der Waals surface area contributed by atoms with Gasteiger partial charge in [-0.25, -0.2) is 17.7 Å². The Bertz CT molecular complexity index is 621. The summed E-state index contributed by atoms with van der Waals surface area (Å²) < 4.78 is 34.9. The quantitative estimate of drug-likeness (QED) is 0.578. The fraction of sp³-hybridized carbons (Fsp3) is 0.600. The van der Waals surface area contributed by atoms with Gasteiger partial charge in [0.05, 0.1) is 12.4 Å². The van der Waals surface area contributed by atoms with E-state index in [4.69, 9.17) is 9.47 Å². The van der Waals surface area contributed by atoms with Crippen LogP contribution in [0.25, 0.3) is 0 Å². The number of methoxy groups -OCH3 is 1. The molecule has 0 fully saturated rings. The van der Waals surface area contributed by atoms with Crippen LogP contribution in [-0.2, 0) is 14.8 Å². The van der Waals surface area contributed by atoms with Crippen LogP contribution < -0.4 is 10.1 Å². The Hall–Kier alpha value is -1.71. The number of pyridine rings is 1. The predicted octanol–water partition coefficient (Wildman–Crippen LogP) is 0.508. The van der Waals surface area contributed by atoms with Crippen molar-refractivity contribution in [2.45, 2.75) is 13.3 Å². The minimum absolute atomic E-state index is 0.0632. The van der Waals surface area contributed by atoms with Crippen molar-refractivity contribution in [1.82, 2.24) is 14.6 Å². The Balaban J connectivity index is 2.48. The van der Waals surface area contributed by atoms with Gasteiger partial charge in [0, 0.05) is 33.4 Å². The van der Waals surface area contributed by atoms with Crippen molar-refractivity contribution in [3.63, 3.8) is 0 Å². The third-order valence-electron chi connectivity index (χ3n) is 3.32. The Morgan fingerprint density at radius 1 is 1.38 bits per heavy atom. The average molecular weight is 359 g/mol. The normalized spacial score (nSPS) is 11.5. The number of sulfonamides is 1. The Kier molecular flexibility index (Phi) is 8.66. The van der Waals surface area contributed by atoms with Gasteiger partial charge in [-0.05, 0) is 25.5 Å². The van der Waals surface area contributed by atoms with E-state index < -0.39 is 10.0 Å². The Labute approximate surface area is 143 Å². The van der Waals surface area contributed by atoms with Gasteiger partial charge in [0.1, 0.15) is 12.2 Å². The Morgan fingerprint density at radius 2 is 2.12 bits per heavy atom. The molecule has 8 nitrogen and oxygen atoms in total. The fourth-order valence-corrected chi connectivity index (χ4v) is 2.71. The van der Waals surface area contributed by atoms with Gasteiger partial charge >= 0.3 is 0 Å². The van der Waals surface area contributed by atoms with E-state index in [1.54, 1.807) is 32.4 Å². The molecule has 1 rings (SSSR count). The largest absolute Gasteiger partial charge is 0.475 e. The van der Waals surface area contributed by atoms with Crippen LogP contribution >= 0.6 is 0 Å². The second-order valence-corrected chi connectivity index (χ2v) is 7.39. The molecule has 0 bridgehead atoms. The molecule has 0 saturated carbocycles. The highest BCUT2D eigenvalue weighted by Gasteiger charge is 2.15. The monoisotopic (exact) mass is 359 g/mol. The molecule has 1 N–H and O–H groups in total. The maximum Gasteiger partial charge on any atom is 0.256 e. The molecule has 0 saturated heterocycles. The standard InChI is InChI=1S/C15H25N3O5S/c1-4-24(20,21)18(2)10-6-9-16-14(19)13-7-5-8-17-15(13)23-12-11-22-3/h5,7-8H,4,6,9-12H2,1-3H3,(H,16,19). The summed E-state index contributed by atoms with van der Waals surface area (Å²) in [6.07, 6.45) is 2.06. The van der Waals surface area contributed by atoms with Gasteiger partial charge in [-0.2, -0.15) is 0 Å². The molecule has 1 heterocycles. The van der Waals surface area contributed by atoms with E-state index in [1.165, 1.54) is 11.4 Å². The van der Waals surface area contributed by atoms with Crippen LogP contribution in [-0.4, -0.2) is 69.8 Å². The van der Waals surface area contributed by atoms with Crippen LogP contribution in [0.4, 0.5) is 0 Å². The lowest BCUT2D eigenvalue weighted by Crippen LogP contribution is -2.32. The number of carbonyl (C=O) groups is 1. The SMILES string of the molecule is CCS(=O)(=O)N(C)CCCNC(=O)c1cccnc1OCCOC. The number of aromatic nitrogens is 1. The van der Waals surface area contributed by atoms with Crippen LogP contribution in [0.5, 0.6) is 5.88 Å². The van der Waals surface area contributed by atoms with Crippen LogP contribution in [0.1, 0.15) is 23.7 Å². The molecule has 0 radical (unpaired) electrons. The number of ether oxygens (including phenoxy) is 2. The van der Waals surface area contributed by atoms with Crippen molar-refractivity contribution in [3.05, 3.63) is 23.9 Å². The van der Waals surface area contributed by atoms with Gasteiger partial charge in [-0.15, -0.1) is 0 Å². The first-order valence-electron chi connectivity index (χ1n) is 7.71. The lowest BCUT2D eigenvalue weighted by atomic mass is 10.2. The second-order valence-electron chi connectivity index (χ2n) is 5.03. The highest BCUT2D eigenvalue weighted by atomic mass is 32.2. The summed E-state index contributed by atoms with van der Waals surface area (Å²) in [4.78, 5) is 16.2. The highest BCUT2D eigenvalue weighted by Crippen LogP contribution is 2.14. The third-order valence-corrected chi connectivity index (χ3v) is 5.18. The molecule has 0 aliphatic carbocycles. The summed E-state index contributed by atoms with van der Waals surface area (Å²) in [5, 5.41) is 2.74. The molecule has 24 heavy (non-hydrogen) atoms. The zero-order valence-electron chi connectivity index (χ0n) is 14.3. The van der Waals surface area contributed by atoms with Crippen molar-refractivity contribution in [3.8, 4) is 5.88 Å². The van der Waals surface area contributed by atoms with Gasteiger partial charge in [-0.1, -0.05) is 0 Å². The smallest absolute Gasteiger partial charge is 0.256 e. The van der Waals surface area contributed by atoms with E-state index in [-0.39, 0.29) is 17.5 Å². The molecule has 0 aliphatic heterocycles. The molecule has 1 amide bonds. The molecule has 0 aliphatic rings. The van der Waals surface area contributed by atoms with Crippen molar-refractivity contribution >= 4 is 15.9 Å². The summed E-state index contributed by atoms with van der Waals surface area (Å²) in [7, 11) is -0.0999. The molecule has 0 spiro atoms. The van der Waals surface area contributed by atoms with Gasteiger partial charge < -0.3 is 14.8 Å². The van der Waals surface area contributed by atoms with Crippen molar-refractivity contribution in [2.24, 2.45) is 0 Å². The number of nitrogens with zero attached hydrogens (tertiary/aromatic N) is 2. The number of nitrogens with one attached hydrogen (secondary N) is 1. The van der Waals surface area contributed by atoms with Crippen molar-refractivity contribution in [1.29, 1.82) is 0 Å². The van der Waals surface area contributed by atoms with E-state index in [0.717, 1.165) is 0 Å². The van der Waals surface area contributed by atoms with E-state index in [2.05, 4.69) is 10.3 Å². The molecule has 0 unspecified atom stereocenters. The van der Waals surface area contributed by atoms with E-state index in [0.29, 0.717) is 38.3 Å². The lowest BCUT2D eigenvalue weighted by Gasteiger charge is -2.16. The zero-order valence-corrected chi connectivity index (χ0v) is 15.1. The second kappa shape index (κ2) is 10.2. The maximum absolute atomic E-state index is 12.2. The average Bonchev–Trinajstić information content (AvgIpc) is 2.58. The van der Waals surface area contributed by atoms with Crippen LogP contribution in [0.15, 0.2) is 18.3 Å². The first-order valence-corrected chi connectivity index (χ1v) is 9.32. The molecule has 0 atom stereocenters. The number of carbonyl (C=O) groups excluding carboxylic acids is 1. The topological polar surface area (TPSA) is 97.8 Å². The van der Waals surface area contributed by atoms with Crippen LogP contribution in [0, 0.1) is 0 Å². The number of rotatable bonds is 11. The number of hydrogen-bond acceptors (Lipinski definition) is 6. The molecule has 136 valence electrons. The number of hydrogen-bond donors (Lipinski definition) is 1. The molecule has 9 heteroatoms. The molecule has 1 aromatic heterocycles. The number of amides is 1. The van der Waals surface area contributed by atoms with E-state index in [9.17, 15) is 13.2 Å². The molecular formula is C15H25N3O5S. The summed E-state index contributed by atoms with van der Waals surface area (Å²) in [6, 6.07) is 3.28. The first kappa shape index (κ1) is 20.3. The zero-order chi connectivity index (χ0) is 18.0. The summed E-state index contributed by atoms with van der Waals surface area (Å²) in [6.45, 7) is 3.00. The maximum atomic E-state index is 12.2. The van der Waals surface area contributed by atoms with Gasteiger partial charge in [0.25, 0.3) is 5.91 Å². The minimum Gasteiger partial charge on any atom is -0.475 e. The van der Waals surface area contributed by atoms with E-state index >= 15 is 0 Å². The van der Waals surface area contributed by atoms with Crippen LogP contribution in [0.2, 0.25) is 0 Å². The molecular weight excluding hydrogens is 334 g/mol. The lowest BCUT2D eigenvalue weighted by molar-refractivity contribution is 0.0943. The molecule has 0 aromatic carbocycles. The van der Waals surface area contributed by atoms with E-state index in [1.807, 2.05) is 0 Å². The minimum atomic E-state index is -3.19. The first-order chi connectivity index (χ1) is 11.4. The van der Waals surface area contributed by atoms with Crippen molar-refractivity contribution in [2.75, 3.05) is 46.2 Å². The fourth-order valence-electron chi connectivity index (χ4n) is 1.86. The highest BCUT2D eigenvalue weighted by molar-refractivity contribution is 7.89.